The number of allylic oxidation sites excluding steroid dienone is 4. The van der Waals surface area contributed by atoms with Gasteiger partial charge in [0.1, 0.15) is 19.8 Å². The van der Waals surface area contributed by atoms with Crippen LogP contribution in [0.1, 0.15) is 431 Å². The Balaban J connectivity index is 3.89. The van der Waals surface area contributed by atoms with Crippen LogP contribution in [0, 0.1) is 0 Å². The Bertz CT molecular complexity index is 1580. The molecule has 0 aliphatic rings. The van der Waals surface area contributed by atoms with E-state index in [0.29, 0.717) is 23.9 Å². The van der Waals surface area contributed by atoms with Crippen LogP contribution in [0.3, 0.4) is 0 Å². The molecule has 0 aromatic carbocycles. The number of carbonyl (C=O) groups is 2. The second kappa shape index (κ2) is 72.8. The molecule has 0 aromatic heterocycles. The molecule has 9 nitrogen and oxygen atoms in total. The normalized spacial score (nSPS) is 13.1. The van der Waals surface area contributed by atoms with E-state index in [2.05, 4.69) is 38.2 Å². The number of carbonyl (C=O) groups excluding carboxylic acids is 2. The van der Waals surface area contributed by atoms with Crippen LogP contribution in [0.15, 0.2) is 24.3 Å². The minimum Gasteiger partial charge on any atom is -0.462 e. The van der Waals surface area contributed by atoms with Gasteiger partial charge in [0.15, 0.2) is 6.10 Å². The van der Waals surface area contributed by atoms with E-state index in [0.717, 1.165) is 38.5 Å². The zero-order valence-corrected chi connectivity index (χ0v) is 62.8. The third-order valence-corrected chi connectivity index (χ3v) is 19.7. The molecular formula is C81H159NO8P+. The van der Waals surface area contributed by atoms with Gasteiger partial charge in [-0.05, 0) is 44.9 Å². The molecule has 91 heavy (non-hydrogen) atoms. The van der Waals surface area contributed by atoms with Gasteiger partial charge < -0.3 is 18.9 Å². The summed E-state index contributed by atoms with van der Waals surface area (Å²) >= 11 is 0. The van der Waals surface area contributed by atoms with Gasteiger partial charge in [-0.25, -0.2) is 4.57 Å². The van der Waals surface area contributed by atoms with Crippen LogP contribution in [-0.2, 0) is 32.7 Å². The zero-order valence-electron chi connectivity index (χ0n) is 61.9. The molecule has 540 valence electrons. The van der Waals surface area contributed by atoms with Crippen molar-refractivity contribution in [2.24, 2.45) is 0 Å². The fourth-order valence-electron chi connectivity index (χ4n) is 12.5. The first-order chi connectivity index (χ1) is 44.5. The van der Waals surface area contributed by atoms with Crippen LogP contribution in [0.25, 0.3) is 0 Å². The highest BCUT2D eigenvalue weighted by Gasteiger charge is 2.27. The maximum absolute atomic E-state index is 12.9. The van der Waals surface area contributed by atoms with Crippen LogP contribution >= 0.6 is 7.82 Å². The van der Waals surface area contributed by atoms with Crippen LogP contribution in [0.5, 0.6) is 0 Å². The van der Waals surface area contributed by atoms with Crippen molar-refractivity contribution in [3.05, 3.63) is 24.3 Å². The van der Waals surface area contributed by atoms with Gasteiger partial charge in [0.2, 0.25) is 0 Å². The first-order valence-electron chi connectivity index (χ1n) is 40.6. The van der Waals surface area contributed by atoms with Crippen LogP contribution in [-0.4, -0.2) is 74.9 Å². The smallest absolute Gasteiger partial charge is 0.462 e. The maximum Gasteiger partial charge on any atom is 0.472 e. The quantitative estimate of drug-likeness (QED) is 0.0211. The molecule has 2 atom stereocenters. The Morgan fingerprint density at radius 2 is 0.593 bits per heavy atom. The molecule has 0 heterocycles. The number of phosphoric ester groups is 1. The molecule has 1 N–H and O–H groups in total. The van der Waals surface area contributed by atoms with Gasteiger partial charge in [-0.1, -0.05) is 398 Å². The van der Waals surface area contributed by atoms with Crippen molar-refractivity contribution in [1.82, 2.24) is 0 Å². The van der Waals surface area contributed by atoms with Gasteiger partial charge in [-0.3, -0.25) is 18.6 Å². The molecule has 10 heteroatoms. The van der Waals surface area contributed by atoms with Crippen molar-refractivity contribution in [1.29, 1.82) is 0 Å². The highest BCUT2D eigenvalue weighted by Crippen LogP contribution is 2.43. The van der Waals surface area contributed by atoms with Crippen molar-refractivity contribution in [3.63, 3.8) is 0 Å². The van der Waals surface area contributed by atoms with E-state index in [1.165, 1.54) is 360 Å². The second-order valence-corrected chi connectivity index (χ2v) is 30.6. The van der Waals surface area contributed by atoms with Crippen LogP contribution in [0.2, 0.25) is 0 Å². The molecule has 0 aromatic rings. The number of quaternary nitrogens is 1. The molecule has 0 saturated carbocycles. The Morgan fingerprint density at radius 3 is 0.868 bits per heavy atom. The molecule has 0 spiro atoms. The van der Waals surface area contributed by atoms with E-state index in [4.69, 9.17) is 18.5 Å². The SMILES string of the molecule is CCCCCCC/C=C\C/C=C\CCCCCCCCCCCCCCCCCCCCCC(=O)OC(COC(=O)CCCCCCCCCCCCCCCCCCCCCCCCCCCCCCCCCCCCCC)COP(=O)(O)OCC[N+](C)(C)C. The average molecular weight is 1310 g/mol. The minimum atomic E-state index is -4.39. The molecule has 0 aliphatic heterocycles. The number of hydrogen-bond acceptors (Lipinski definition) is 7. The summed E-state index contributed by atoms with van der Waals surface area (Å²) in [5.41, 5.74) is 0. The predicted molar refractivity (Wildman–Crippen MR) is 395 cm³/mol. The van der Waals surface area contributed by atoms with Gasteiger partial charge in [0, 0.05) is 12.8 Å². The summed E-state index contributed by atoms with van der Waals surface area (Å²) in [7, 11) is 1.50. The van der Waals surface area contributed by atoms with Crippen LogP contribution < -0.4 is 0 Å². The van der Waals surface area contributed by atoms with Gasteiger partial charge in [-0.2, -0.15) is 0 Å². The second-order valence-electron chi connectivity index (χ2n) is 29.2. The number of esters is 2. The first-order valence-corrected chi connectivity index (χ1v) is 42.1. The summed E-state index contributed by atoms with van der Waals surface area (Å²) in [4.78, 5) is 36.0. The Kier molecular flexibility index (Phi) is 71.5. The molecule has 0 fully saturated rings. The third kappa shape index (κ3) is 77.4. The molecule has 0 aliphatic carbocycles. The van der Waals surface area contributed by atoms with Crippen molar-refractivity contribution in [2.45, 2.75) is 437 Å². The standard InChI is InChI=1S/C81H158NO8P/c1-6-8-10-12-14-16-18-20-22-24-26-28-30-32-34-36-38-39-40-41-42-44-45-47-49-51-53-55-57-59-61-63-65-67-69-71-73-80(83)87-77-79(78-89-91(85,86)88-76-75-82(3,4)5)90-81(84)74-72-70-68-66-64-62-60-58-56-54-52-50-48-46-43-37-35-33-31-29-27-25-23-21-19-17-15-13-11-9-7-2/h19,21,25,27,79H,6-18,20,22-24,26,28-78H2,1-5H3/p+1/b21-19-,27-25-. The summed E-state index contributed by atoms with van der Waals surface area (Å²) < 4.78 is 34.8. The van der Waals surface area contributed by atoms with E-state index in [1.807, 2.05) is 21.1 Å². The van der Waals surface area contributed by atoms with Gasteiger partial charge in [0.05, 0.1) is 27.7 Å². The highest BCUT2D eigenvalue weighted by molar-refractivity contribution is 7.47. The summed E-state index contributed by atoms with van der Waals surface area (Å²) in [6.07, 6.45) is 93.4. The molecular weight excluding hydrogens is 1150 g/mol. The molecule has 0 bridgehead atoms. The van der Waals surface area contributed by atoms with Gasteiger partial charge >= 0.3 is 19.8 Å². The topological polar surface area (TPSA) is 108 Å². The lowest BCUT2D eigenvalue weighted by Gasteiger charge is -2.24. The van der Waals surface area contributed by atoms with E-state index in [1.54, 1.807) is 0 Å². The fourth-order valence-corrected chi connectivity index (χ4v) is 13.3. The molecule has 0 radical (unpaired) electrons. The Labute approximate surface area is 568 Å². The number of rotatable bonds is 77. The van der Waals surface area contributed by atoms with Gasteiger partial charge in [-0.15, -0.1) is 0 Å². The largest absolute Gasteiger partial charge is 0.472 e. The van der Waals surface area contributed by atoms with Crippen molar-refractivity contribution in [2.75, 3.05) is 47.5 Å². The predicted octanol–water partition coefficient (Wildman–Crippen LogP) is 26.8. The first kappa shape index (κ1) is 89.5. The molecule has 2 unspecified atom stereocenters. The summed E-state index contributed by atoms with van der Waals surface area (Å²) in [6.45, 7) is 4.52. The lowest BCUT2D eigenvalue weighted by molar-refractivity contribution is -0.870. The number of hydrogen-bond donors (Lipinski definition) is 1. The van der Waals surface area contributed by atoms with Crippen molar-refractivity contribution in [3.8, 4) is 0 Å². The number of unbranched alkanes of at least 4 members (excludes halogenated alkanes) is 59. The van der Waals surface area contributed by atoms with E-state index < -0.39 is 26.5 Å². The van der Waals surface area contributed by atoms with Crippen molar-refractivity contribution >= 4 is 19.8 Å². The highest BCUT2D eigenvalue weighted by atomic mass is 31.2. The summed E-state index contributed by atoms with van der Waals surface area (Å²) in [5.74, 6) is -0.769. The van der Waals surface area contributed by atoms with Crippen LogP contribution in [0.4, 0.5) is 0 Å². The fraction of sp³-hybridized carbons (Fsp3) is 0.926. The number of likely N-dealkylation sites (N-methyl/N-ethyl adjacent to an activating group) is 1. The van der Waals surface area contributed by atoms with E-state index in [9.17, 15) is 19.0 Å². The number of nitrogens with zero attached hydrogens (tertiary/aromatic N) is 1. The van der Waals surface area contributed by atoms with Crippen molar-refractivity contribution < 1.29 is 42.1 Å². The lowest BCUT2D eigenvalue weighted by Crippen LogP contribution is -2.37. The molecule has 0 saturated heterocycles. The lowest BCUT2D eigenvalue weighted by atomic mass is 10.0. The van der Waals surface area contributed by atoms with E-state index >= 15 is 0 Å². The average Bonchev–Trinajstić information content (AvgIpc) is 3.30. The van der Waals surface area contributed by atoms with E-state index in [-0.39, 0.29) is 25.6 Å². The zero-order chi connectivity index (χ0) is 66.2. The van der Waals surface area contributed by atoms with Gasteiger partial charge in [0.25, 0.3) is 0 Å². The summed E-state index contributed by atoms with van der Waals surface area (Å²) in [5, 5.41) is 0. The molecule has 0 amide bonds. The Morgan fingerprint density at radius 1 is 0.341 bits per heavy atom. The monoisotopic (exact) mass is 1310 g/mol. The minimum absolute atomic E-state index is 0.0359. The Hall–Kier alpha value is -1.51. The number of ether oxygens (including phenoxy) is 2. The summed E-state index contributed by atoms with van der Waals surface area (Å²) in [6, 6.07) is 0. The maximum atomic E-state index is 12.9. The molecule has 0 rings (SSSR count). The number of phosphoric acid groups is 1. The third-order valence-electron chi connectivity index (χ3n) is 18.7.